The van der Waals surface area contributed by atoms with Gasteiger partial charge in [0.1, 0.15) is 0 Å². The van der Waals surface area contributed by atoms with Gasteiger partial charge < -0.3 is 4.90 Å². The van der Waals surface area contributed by atoms with E-state index in [1.54, 1.807) is 11.3 Å². The fraction of sp³-hybridized carbons (Fsp3) is 0.667. The number of alkyl halides is 1. The van der Waals surface area contributed by atoms with Crippen molar-refractivity contribution in [3.63, 3.8) is 0 Å². The normalized spacial score (nSPS) is 10.9. The fourth-order valence-corrected chi connectivity index (χ4v) is 3.28. The highest BCUT2D eigenvalue weighted by Crippen LogP contribution is 2.15. The van der Waals surface area contributed by atoms with Crippen LogP contribution in [0.1, 0.15) is 44.4 Å². The SMILES string of the molecule is CCC(CC)N(CCCl)C(=O)CCCc1cccs1. The summed E-state index contributed by atoms with van der Waals surface area (Å²) in [7, 11) is 0. The summed E-state index contributed by atoms with van der Waals surface area (Å²) in [4.78, 5) is 15.6. The van der Waals surface area contributed by atoms with Gasteiger partial charge >= 0.3 is 0 Å². The lowest BCUT2D eigenvalue weighted by Crippen LogP contribution is -2.41. The maximum atomic E-state index is 12.3. The van der Waals surface area contributed by atoms with Crippen LogP contribution in [0.25, 0.3) is 0 Å². The van der Waals surface area contributed by atoms with Gasteiger partial charge in [-0.2, -0.15) is 0 Å². The Kier molecular flexibility index (Phi) is 8.15. The molecule has 19 heavy (non-hydrogen) atoms. The summed E-state index contributed by atoms with van der Waals surface area (Å²) in [5, 5.41) is 2.08. The molecule has 0 radical (unpaired) electrons. The Morgan fingerprint density at radius 3 is 2.68 bits per heavy atom. The second kappa shape index (κ2) is 9.38. The number of thiophene rings is 1. The third-order valence-corrected chi connectivity index (χ3v) is 4.53. The smallest absolute Gasteiger partial charge is 0.222 e. The van der Waals surface area contributed by atoms with Gasteiger partial charge in [-0.15, -0.1) is 22.9 Å². The first kappa shape index (κ1) is 16.5. The van der Waals surface area contributed by atoms with Crippen LogP contribution in [0.5, 0.6) is 0 Å². The predicted octanol–water partition coefficient (Wildman–Crippen LogP) is 4.33. The van der Waals surface area contributed by atoms with Crippen LogP contribution in [0.2, 0.25) is 0 Å². The number of carbonyl (C=O) groups is 1. The fourth-order valence-electron chi connectivity index (χ4n) is 2.34. The summed E-state index contributed by atoms with van der Waals surface area (Å²) >= 11 is 7.58. The van der Waals surface area contributed by atoms with E-state index in [-0.39, 0.29) is 5.91 Å². The summed E-state index contributed by atoms with van der Waals surface area (Å²) in [6.45, 7) is 4.94. The number of halogens is 1. The zero-order valence-electron chi connectivity index (χ0n) is 11.9. The maximum absolute atomic E-state index is 12.3. The molecule has 0 atom stereocenters. The molecule has 0 aromatic carbocycles. The quantitative estimate of drug-likeness (QED) is 0.622. The van der Waals surface area contributed by atoms with Crippen LogP contribution in [0, 0.1) is 0 Å². The summed E-state index contributed by atoms with van der Waals surface area (Å²) in [5.74, 6) is 0.776. The Hall–Kier alpha value is -0.540. The monoisotopic (exact) mass is 301 g/mol. The molecule has 1 aromatic rings. The van der Waals surface area contributed by atoms with Gasteiger partial charge in [0.2, 0.25) is 5.91 Å². The van der Waals surface area contributed by atoms with Crippen molar-refractivity contribution in [3.8, 4) is 0 Å². The molecule has 0 fully saturated rings. The molecule has 0 aliphatic heterocycles. The van der Waals surface area contributed by atoms with Crippen molar-refractivity contribution in [2.24, 2.45) is 0 Å². The van der Waals surface area contributed by atoms with E-state index in [0.717, 1.165) is 25.7 Å². The third kappa shape index (κ3) is 5.53. The highest BCUT2D eigenvalue weighted by molar-refractivity contribution is 7.09. The van der Waals surface area contributed by atoms with Crippen LogP contribution in [0.3, 0.4) is 0 Å². The number of aryl methyl sites for hydroxylation is 1. The maximum Gasteiger partial charge on any atom is 0.222 e. The minimum absolute atomic E-state index is 0.255. The van der Waals surface area contributed by atoms with Crippen molar-refractivity contribution in [1.29, 1.82) is 0 Å². The van der Waals surface area contributed by atoms with Gasteiger partial charge in [-0.25, -0.2) is 0 Å². The molecule has 0 aliphatic carbocycles. The Morgan fingerprint density at radius 2 is 2.16 bits per heavy atom. The number of amides is 1. The molecule has 1 rings (SSSR count). The number of rotatable bonds is 9. The van der Waals surface area contributed by atoms with Crippen molar-refractivity contribution in [1.82, 2.24) is 4.90 Å². The highest BCUT2D eigenvalue weighted by atomic mass is 35.5. The summed E-state index contributed by atoms with van der Waals surface area (Å²) in [5.41, 5.74) is 0. The van der Waals surface area contributed by atoms with Gasteiger partial charge in [0.05, 0.1) is 0 Å². The second-order valence-electron chi connectivity index (χ2n) is 4.68. The minimum atomic E-state index is 0.255. The van der Waals surface area contributed by atoms with Crippen LogP contribution in [0.15, 0.2) is 17.5 Å². The molecule has 1 amide bonds. The number of carbonyl (C=O) groups excluding carboxylic acids is 1. The van der Waals surface area contributed by atoms with E-state index < -0.39 is 0 Å². The molecule has 0 unspecified atom stereocenters. The number of hydrogen-bond acceptors (Lipinski definition) is 2. The molecule has 4 heteroatoms. The molecule has 0 saturated heterocycles. The van der Waals surface area contributed by atoms with E-state index in [4.69, 9.17) is 11.6 Å². The number of nitrogens with zero attached hydrogens (tertiary/aromatic N) is 1. The Labute approximate surface area is 125 Å². The lowest BCUT2D eigenvalue weighted by molar-refractivity contribution is -0.133. The van der Waals surface area contributed by atoms with E-state index in [1.165, 1.54) is 4.88 Å². The Balaban J connectivity index is 2.42. The first-order chi connectivity index (χ1) is 9.22. The van der Waals surface area contributed by atoms with Crippen LogP contribution < -0.4 is 0 Å². The van der Waals surface area contributed by atoms with E-state index in [0.29, 0.717) is 24.9 Å². The summed E-state index contributed by atoms with van der Waals surface area (Å²) < 4.78 is 0. The molecular formula is C15H24ClNOS. The predicted molar refractivity (Wildman–Crippen MR) is 84.1 cm³/mol. The zero-order chi connectivity index (χ0) is 14.1. The van der Waals surface area contributed by atoms with E-state index in [2.05, 4.69) is 31.4 Å². The molecule has 0 aliphatic rings. The van der Waals surface area contributed by atoms with E-state index in [1.807, 2.05) is 4.90 Å². The standard InChI is InChI=1S/C15H24ClNOS/c1-3-13(4-2)17(11-10-16)15(18)9-5-7-14-8-6-12-19-14/h6,8,12-13H,3-5,7,9-11H2,1-2H3. The summed E-state index contributed by atoms with van der Waals surface area (Å²) in [6.07, 6.45) is 4.57. The molecule has 0 saturated carbocycles. The average Bonchev–Trinajstić information content (AvgIpc) is 2.92. The molecule has 2 nitrogen and oxygen atoms in total. The van der Waals surface area contributed by atoms with Crippen LogP contribution in [-0.2, 0) is 11.2 Å². The molecule has 108 valence electrons. The average molecular weight is 302 g/mol. The van der Waals surface area contributed by atoms with Crippen molar-refractivity contribution in [3.05, 3.63) is 22.4 Å². The van der Waals surface area contributed by atoms with Crippen molar-refractivity contribution < 1.29 is 4.79 Å². The Bertz CT molecular complexity index is 349. The van der Waals surface area contributed by atoms with E-state index in [9.17, 15) is 4.79 Å². The van der Waals surface area contributed by atoms with Crippen molar-refractivity contribution in [2.45, 2.75) is 52.0 Å². The first-order valence-corrected chi connectivity index (χ1v) is 8.52. The summed E-state index contributed by atoms with van der Waals surface area (Å²) in [6, 6.07) is 4.53. The van der Waals surface area contributed by atoms with Crippen molar-refractivity contribution in [2.75, 3.05) is 12.4 Å². The molecule has 1 heterocycles. The van der Waals surface area contributed by atoms with Gasteiger partial charge in [-0.3, -0.25) is 4.79 Å². The highest BCUT2D eigenvalue weighted by Gasteiger charge is 2.19. The minimum Gasteiger partial charge on any atom is -0.339 e. The second-order valence-corrected chi connectivity index (χ2v) is 6.09. The van der Waals surface area contributed by atoms with Crippen LogP contribution in [0.4, 0.5) is 0 Å². The zero-order valence-corrected chi connectivity index (χ0v) is 13.5. The van der Waals surface area contributed by atoms with Crippen LogP contribution in [-0.4, -0.2) is 29.3 Å². The molecule has 0 bridgehead atoms. The van der Waals surface area contributed by atoms with Crippen molar-refractivity contribution >= 4 is 28.8 Å². The van der Waals surface area contributed by atoms with E-state index >= 15 is 0 Å². The molecular weight excluding hydrogens is 278 g/mol. The molecule has 1 aromatic heterocycles. The van der Waals surface area contributed by atoms with Gasteiger partial charge in [-0.05, 0) is 37.1 Å². The molecule has 0 N–H and O–H groups in total. The lowest BCUT2D eigenvalue weighted by atomic mass is 10.1. The first-order valence-electron chi connectivity index (χ1n) is 7.10. The third-order valence-electron chi connectivity index (χ3n) is 3.42. The van der Waals surface area contributed by atoms with Gasteiger partial charge in [0.15, 0.2) is 0 Å². The van der Waals surface area contributed by atoms with Gasteiger partial charge in [-0.1, -0.05) is 19.9 Å². The largest absolute Gasteiger partial charge is 0.339 e. The number of hydrogen-bond donors (Lipinski definition) is 0. The Morgan fingerprint density at radius 1 is 1.42 bits per heavy atom. The van der Waals surface area contributed by atoms with Gasteiger partial charge in [0, 0.05) is 29.8 Å². The van der Waals surface area contributed by atoms with Crippen LogP contribution >= 0.6 is 22.9 Å². The topological polar surface area (TPSA) is 20.3 Å². The lowest BCUT2D eigenvalue weighted by Gasteiger charge is -2.30. The van der Waals surface area contributed by atoms with Gasteiger partial charge in [0.25, 0.3) is 0 Å². The molecule has 0 spiro atoms.